The van der Waals surface area contributed by atoms with Crippen LogP contribution >= 0.6 is 0 Å². The van der Waals surface area contributed by atoms with Gasteiger partial charge in [0.25, 0.3) is 11.8 Å². The highest BCUT2D eigenvalue weighted by atomic mass is 16.5. The number of carbonyl (C=O) groups is 3. The van der Waals surface area contributed by atoms with Crippen LogP contribution in [0.4, 0.5) is 10.5 Å². The number of imide groups is 1. The van der Waals surface area contributed by atoms with Gasteiger partial charge in [-0.25, -0.2) is 9.69 Å². The fourth-order valence-corrected chi connectivity index (χ4v) is 5.64. The normalized spacial score (nSPS) is 19.3. The van der Waals surface area contributed by atoms with E-state index in [1.54, 1.807) is 43.2 Å². The van der Waals surface area contributed by atoms with E-state index in [1.807, 2.05) is 55.5 Å². The average molecular weight is 509 g/mol. The molecule has 8 nitrogen and oxygen atoms in total. The molecule has 38 heavy (non-hydrogen) atoms. The van der Waals surface area contributed by atoms with Gasteiger partial charge in [-0.15, -0.1) is 0 Å². The van der Waals surface area contributed by atoms with E-state index in [0.717, 1.165) is 33.5 Å². The van der Waals surface area contributed by atoms with Crippen LogP contribution in [0, 0.1) is 0 Å². The Labute approximate surface area is 220 Å². The number of hydrogen-bond acceptors (Lipinski definition) is 4. The molecule has 2 aliphatic rings. The fraction of sp³-hybridized carbons (Fsp3) is 0.233. The van der Waals surface area contributed by atoms with Crippen LogP contribution in [0.2, 0.25) is 0 Å². The third-order valence-electron chi connectivity index (χ3n) is 7.80. The van der Waals surface area contributed by atoms with Gasteiger partial charge in [0.1, 0.15) is 5.75 Å². The second kappa shape index (κ2) is 8.76. The molecule has 0 spiro atoms. The lowest BCUT2D eigenvalue weighted by Crippen LogP contribution is -2.49. The molecule has 0 radical (unpaired) electrons. The highest BCUT2D eigenvalue weighted by Crippen LogP contribution is 2.45. The van der Waals surface area contributed by atoms with Crippen molar-refractivity contribution < 1.29 is 19.1 Å². The number of aromatic nitrogens is 1. The number of H-pyrrole nitrogens is 1. The Balaban J connectivity index is 1.28. The van der Waals surface area contributed by atoms with Gasteiger partial charge in [0.05, 0.1) is 24.5 Å². The van der Waals surface area contributed by atoms with E-state index < -0.39 is 5.54 Å². The largest absolute Gasteiger partial charge is 0.497 e. The molecule has 192 valence electrons. The predicted octanol–water partition coefficient (Wildman–Crippen LogP) is 4.91. The number of urea groups is 1. The molecular weight excluding hydrogens is 480 g/mol. The molecule has 8 heteroatoms. The fourth-order valence-electron chi connectivity index (χ4n) is 5.64. The van der Waals surface area contributed by atoms with Crippen LogP contribution in [0.5, 0.6) is 5.75 Å². The summed E-state index contributed by atoms with van der Waals surface area (Å²) in [6.07, 6.45) is 0.629. The first kappa shape index (κ1) is 23.8. The lowest BCUT2D eigenvalue weighted by Gasteiger charge is -2.35. The molecule has 0 bridgehead atoms. The van der Waals surface area contributed by atoms with E-state index in [-0.39, 0.29) is 23.9 Å². The molecular formula is C30H28N4O4. The SMILES string of the molecule is COc1ccc2[nH]c3c(c2c1)CCN1C(=O)N(c2ccc(C(=O)N[C@H](C)c4ccccc4)cc2)C(=O)[C@]31C. The summed E-state index contributed by atoms with van der Waals surface area (Å²) in [5.41, 5.74) is 3.40. The van der Waals surface area contributed by atoms with Crippen LogP contribution in [0.3, 0.4) is 0 Å². The number of fused-ring (bicyclic) bond motifs is 5. The summed E-state index contributed by atoms with van der Waals surface area (Å²) in [5, 5.41) is 3.99. The summed E-state index contributed by atoms with van der Waals surface area (Å²) < 4.78 is 5.40. The van der Waals surface area contributed by atoms with Crippen LogP contribution in [0.1, 0.15) is 47.1 Å². The van der Waals surface area contributed by atoms with E-state index in [9.17, 15) is 14.4 Å². The quantitative estimate of drug-likeness (QED) is 0.375. The van der Waals surface area contributed by atoms with Crippen molar-refractivity contribution >= 4 is 34.4 Å². The van der Waals surface area contributed by atoms with Gasteiger partial charge in [0.15, 0.2) is 5.54 Å². The maximum atomic E-state index is 13.9. The van der Waals surface area contributed by atoms with Gasteiger partial charge in [-0.3, -0.25) is 9.59 Å². The van der Waals surface area contributed by atoms with Crippen LogP contribution in [0.25, 0.3) is 10.9 Å². The second-order valence-corrected chi connectivity index (χ2v) is 9.94. The van der Waals surface area contributed by atoms with Gasteiger partial charge in [-0.1, -0.05) is 30.3 Å². The van der Waals surface area contributed by atoms with Crippen molar-refractivity contribution in [1.82, 2.24) is 15.2 Å². The number of nitrogens with one attached hydrogen (secondary N) is 2. The molecule has 3 aromatic carbocycles. The first-order chi connectivity index (χ1) is 18.3. The van der Waals surface area contributed by atoms with Crippen LogP contribution in [0.15, 0.2) is 72.8 Å². The molecule has 0 aliphatic carbocycles. The Morgan fingerprint density at radius 2 is 1.79 bits per heavy atom. The summed E-state index contributed by atoms with van der Waals surface area (Å²) in [6.45, 7) is 4.14. The molecule has 2 atom stereocenters. The van der Waals surface area contributed by atoms with Crippen molar-refractivity contribution in [1.29, 1.82) is 0 Å². The number of benzene rings is 3. The number of rotatable bonds is 5. The summed E-state index contributed by atoms with van der Waals surface area (Å²) >= 11 is 0. The maximum absolute atomic E-state index is 13.9. The lowest BCUT2D eigenvalue weighted by atomic mass is 9.87. The Bertz CT molecular complexity index is 1580. The molecule has 0 unspecified atom stereocenters. The predicted molar refractivity (Wildman–Crippen MR) is 144 cm³/mol. The highest BCUT2D eigenvalue weighted by Gasteiger charge is 2.59. The monoisotopic (exact) mass is 508 g/mol. The summed E-state index contributed by atoms with van der Waals surface area (Å²) in [5.74, 6) is 0.191. The van der Waals surface area contributed by atoms with Crippen LogP contribution in [-0.4, -0.2) is 41.4 Å². The third-order valence-corrected chi connectivity index (χ3v) is 7.80. The second-order valence-electron chi connectivity index (χ2n) is 9.94. The maximum Gasteiger partial charge on any atom is 0.332 e. The number of nitrogens with zero attached hydrogens (tertiary/aromatic N) is 2. The van der Waals surface area contributed by atoms with Gasteiger partial charge < -0.3 is 19.9 Å². The van der Waals surface area contributed by atoms with Gasteiger partial charge in [0, 0.05) is 23.0 Å². The number of amides is 4. The highest BCUT2D eigenvalue weighted by molar-refractivity contribution is 6.23. The number of anilines is 1. The summed E-state index contributed by atoms with van der Waals surface area (Å²) in [4.78, 5) is 46.5. The first-order valence-electron chi connectivity index (χ1n) is 12.6. The van der Waals surface area contributed by atoms with E-state index in [0.29, 0.717) is 24.2 Å². The molecule has 0 saturated carbocycles. The molecule has 4 amide bonds. The van der Waals surface area contributed by atoms with Gasteiger partial charge in [-0.05, 0) is 73.9 Å². The number of ether oxygens (including phenoxy) is 1. The van der Waals surface area contributed by atoms with Gasteiger partial charge >= 0.3 is 6.03 Å². The first-order valence-corrected chi connectivity index (χ1v) is 12.6. The number of aromatic amines is 1. The zero-order valence-electron chi connectivity index (χ0n) is 21.4. The Morgan fingerprint density at radius 1 is 1.05 bits per heavy atom. The number of carbonyl (C=O) groups excluding carboxylic acids is 3. The van der Waals surface area contributed by atoms with Crippen molar-refractivity contribution in [3.63, 3.8) is 0 Å². The minimum atomic E-state index is -1.15. The molecule has 3 heterocycles. The van der Waals surface area contributed by atoms with Crippen molar-refractivity contribution in [3.05, 3.63) is 95.2 Å². The smallest absolute Gasteiger partial charge is 0.332 e. The number of methoxy groups -OCH3 is 1. The molecule has 4 aromatic rings. The average Bonchev–Trinajstić information content (AvgIpc) is 3.41. The van der Waals surface area contributed by atoms with E-state index in [2.05, 4.69) is 10.3 Å². The molecule has 2 N–H and O–H groups in total. The summed E-state index contributed by atoms with van der Waals surface area (Å²) in [7, 11) is 1.62. The van der Waals surface area contributed by atoms with Crippen molar-refractivity contribution in [2.45, 2.75) is 31.8 Å². The van der Waals surface area contributed by atoms with Gasteiger partial charge in [-0.2, -0.15) is 0 Å². The Hall–Kier alpha value is -4.59. The number of hydrogen-bond donors (Lipinski definition) is 2. The zero-order valence-corrected chi connectivity index (χ0v) is 21.4. The van der Waals surface area contributed by atoms with Crippen molar-refractivity contribution in [2.75, 3.05) is 18.6 Å². The lowest BCUT2D eigenvalue weighted by molar-refractivity contribution is -0.125. The third kappa shape index (κ3) is 3.48. The van der Waals surface area contributed by atoms with Crippen LogP contribution in [-0.2, 0) is 16.8 Å². The van der Waals surface area contributed by atoms with E-state index >= 15 is 0 Å². The molecule has 1 saturated heterocycles. The molecule has 1 aromatic heterocycles. The zero-order chi connectivity index (χ0) is 26.6. The molecule has 2 aliphatic heterocycles. The Morgan fingerprint density at radius 3 is 2.50 bits per heavy atom. The van der Waals surface area contributed by atoms with E-state index in [1.165, 1.54) is 4.90 Å². The minimum Gasteiger partial charge on any atom is -0.497 e. The molecule has 1 fully saturated rings. The topological polar surface area (TPSA) is 94.7 Å². The van der Waals surface area contributed by atoms with E-state index in [4.69, 9.17) is 4.74 Å². The van der Waals surface area contributed by atoms with Crippen LogP contribution < -0.4 is 15.0 Å². The van der Waals surface area contributed by atoms with Crippen molar-refractivity contribution in [2.24, 2.45) is 0 Å². The van der Waals surface area contributed by atoms with Crippen molar-refractivity contribution in [3.8, 4) is 5.75 Å². The summed E-state index contributed by atoms with van der Waals surface area (Å²) in [6, 6.07) is 21.5. The minimum absolute atomic E-state index is 0.161. The van der Waals surface area contributed by atoms with Gasteiger partial charge in [0.2, 0.25) is 0 Å². The molecule has 6 rings (SSSR count). The Kier molecular flexibility index (Phi) is 5.48. The standard InChI is InChI=1S/C30H28N4O4/c1-18(19-7-5-4-6-8-19)31-27(35)20-9-11-21(12-10-20)34-28(36)30(2)26-23(15-16-33(30)29(34)37)24-17-22(38-3)13-14-25(24)32-26/h4-14,17-18,32H,15-16H2,1-3H3,(H,31,35)/t18-,30+/m1/s1.